The number of piperidine rings is 1. The smallest absolute Gasteiger partial charge is 0.367 e. The van der Waals surface area contributed by atoms with Crippen LogP contribution in [0.2, 0.25) is 0 Å². The number of aryl methyl sites for hydroxylation is 1. The lowest BCUT2D eigenvalue weighted by Crippen LogP contribution is -2.54. The first-order valence-electron chi connectivity index (χ1n) is 16.1. The van der Waals surface area contributed by atoms with Crippen molar-refractivity contribution < 1.29 is 21.6 Å². The summed E-state index contributed by atoms with van der Waals surface area (Å²) in [4.78, 5) is 14.0. The average Bonchev–Trinajstić information content (AvgIpc) is 3.63. The van der Waals surface area contributed by atoms with Crippen LogP contribution in [0.25, 0.3) is 21.1 Å². The van der Waals surface area contributed by atoms with E-state index in [9.17, 15) is 26.9 Å². The van der Waals surface area contributed by atoms with E-state index in [1.165, 1.54) is 23.2 Å². The zero-order valence-corrected chi connectivity index (χ0v) is 28.9. The molecule has 4 aromatic rings. The summed E-state index contributed by atoms with van der Waals surface area (Å²) in [6, 6.07) is 10.4. The van der Waals surface area contributed by atoms with Gasteiger partial charge in [0.15, 0.2) is 0 Å². The molecule has 5 heterocycles. The van der Waals surface area contributed by atoms with Crippen molar-refractivity contribution in [3.8, 4) is 6.07 Å². The number of nitrogens with one attached hydrogen (secondary N) is 2. The van der Waals surface area contributed by atoms with E-state index < -0.39 is 22.8 Å². The lowest BCUT2D eigenvalue weighted by atomic mass is 10.0. The van der Waals surface area contributed by atoms with Crippen molar-refractivity contribution in [2.45, 2.75) is 64.5 Å². The van der Waals surface area contributed by atoms with Gasteiger partial charge in [-0.1, -0.05) is 6.07 Å². The number of halogens is 3. The fourth-order valence-corrected chi connectivity index (χ4v) is 8.78. The molecule has 11 nitrogen and oxygen atoms in total. The van der Waals surface area contributed by atoms with Crippen LogP contribution in [-0.4, -0.2) is 102 Å². The van der Waals surface area contributed by atoms with Crippen LogP contribution in [0.1, 0.15) is 41.5 Å². The summed E-state index contributed by atoms with van der Waals surface area (Å²) < 4.78 is 69.1. The Kier molecular flexibility index (Phi) is 9.99. The van der Waals surface area contributed by atoms with Crippen LogP contribution in [0.5, 0.6) is 0 Å². The number of nitrogens with zero attached hydrogens (tertiary/aromatic N) is 7. The van der Waals surface area contributed by atoms with Gasteiger partial charge in [-0.2, -0.15) is 31.2 Å². The largest absolute Gasteiger partial charge is 0.393 e. The molecule has 2 aliphatic heterocycles. The number of aromatic nitrogens is 3. The number of hydrogen-bond acceptors (Lipinski definition) is 9. The third kappa shape index (κ3) is 7.46. The second-order valence-electron chi connectivity index (χ2n) is 12.7. The monoisotopic (exact) mass is 703 g/mol. The maximum absolute atomic E-state index is 12.9. The SMILES string of the molecule is CNS(=O)(=O)N1CCN([C@H](C)Cn2c(C#N)cc3c(C)c(CN4CCC(Nc5ncnc6sc(CC(F)(F)F)cc56)CC4)ccc32)CC1. The fourth-order valence-electron chi connectivity index (χ4n) is 6.85. The van der Waals surface area contributed by atoms with Crippen LogP contribution >= 0.6 is 11.3 Å². The van der Waals surface area contributed by atoms with Crippen molar-refractivity contribution in [1.82, 2.24) is 33.4 Å². The Hall–Kier alpha value is -3.33. The van der Waals surface area contributed by atoms with E-state index in [4.69, 9.17) is 0 Å². The molecular weight excluding hydrogens is 664 g/mol. The standard InChI is InChI=1S/C32H40F3N9O2S2/c1-21(42-10-12-43(13-11-42)48(45,46)37-3)18-44-25(17-36)14-27-22(2)23(4-5-29(27)44)19-41-8-6-24(7-9-41)40-30-28-15-26(16-32(33,34)35)47-31(28)39-20-38-30/h4-5,14-15,20-21,24,37H,6-13,16,18-19H2,1-3H3,(H,38,39,40)/t21-/m1/s1. The van der Waals surface area contributed by atoms with E-state index in [0.717, 1.165) is 60.3 Å². The van der Waals surface area contributed by atoms with Crippen LogP contribution in [0.15, 0.2) is 30.6 Å². The maximum Gasteiger partial charge on any atom is 0.393 e. The Morgan fingerprint density at radius 1 is 1.08 bits per heavy atom. The predicted octanol–water partition coefficient (Wildman–Crippen LogP) is 4.48. The summed E-state index contributed by atoms with van der Waals surface area (Å²) in [5.74, 6) is 0.584. The summed E-state index contributed by atoms with van der Waals surface area (Å²) in [5, 5.41) is 15.2. The molecule has 0 bridgehead atoms. The van der Waals surface area contributed by atoms with Gasteiger partial charge in [0.05, 0.1) is 11.8 Å². The van der Waals surface area contributed by atoms with Gasteiger partial charge in [-0.15, -0.1) is 11.3 Å². The Labute approximate surface area is 282 Å². The van der Waals surface area contributed by atoms with Gasteiger partial charge in [0, 0.05) is 87.3 Å². The molecule has 6 rings (SSSR count). The van der Waals surface area contributed by atoms with Crippen LogP contribution in [-0.2, 0) is 29.7 Å². The summed E-state index contributed by atoms with van der Waals surface area (Å²) in [6.07, 6.45) is -2.09. The Morgan fingerprint density at radius 3 is 2.48 bits per heavy atom. The van der Waals surface area contributed by atoms with Gasteiger partial charge in [0.25, 0.3) is 10.2 Å². The molecule has 2 aliphatic rings. The molecule has 1 aromatic carbocycles. The van der Waals surface area contributed by atoms with Crippen molar-refractivity contribution in [3.63, 3.8) is 0 Å². The lowest BCUT2D eigenvalue weighted by Gasteiger charge is -2.37. The van der Waals surface area contributed by atoms with Crippen molar-refractivity contribution in [2.75, 3.05) is 51.6 Å². The number of thiophene rings is 1. The first-order chi connectivity index (χ1) is 22.8. The molecule has 2 N–H and O–H groups in total. The summed E-state index contributed by atoms with van der Waals surface area (Å²) in [7, 11) is -2.01. The molecule has 2 fully saturated rings. The van der Waals surface area contributed by atoms with E-state index in [0.29, 0.717) is 54.5 Å². The number of fused-ring (bicyclic) bond motifs is 2. The normalized spacial score (nSPS) is 18.4. The van der Waals surface area contributed by atoms with E-state index in [-0.39, 0.29) is 17.0 Å². The van der Waals surface area contributed by atoms with Gasteiger partial charge in [-0.3, -0.25) is 9.80 Å². The minimum atomic E-state index is -4.27. The maximum atomic E-state index is 12.9. The number of benzene rings is 1. The summed E-state index contributed by atoms with van der Waals surface area (Å²) >= 11 is 1.06. The third-order valence-electron chi connectivity index (χ3n) is 9.60. The van der Waals surface area contributed by atoms with Gasteiger partial charge in [0.1, 0.15) is 28.7 Å². The fraction of sp³-hybridized carbons (Fsp3) is 0.531. The van der Waals surface area contributed by atoms with Crippen molar-refractivity contribution in [2.24, 2.45) is 0 Å². The second-order valence-corrected chi connectivity index (χ2v) is 15.7. The van der Waals surface area contributed by atoms with Crippen molar-refractivity contribution >= 4 is 48.5 Å². The van der Waals surface area contributed by atoms with E-state index in [1.807, 2.05) is 6.07 Å². The van der Waals surface area contributed by atoms with Crippen LogP contribution in [0, 0.1) is 18.3 Å². The molecule has 0 aliphatic carbocycles. The number of hydrogen-bond donors (Lipinski definition) is 2. The predicted molar refractivity (Wildman–Crippen MR) is 181 cm³/mol. The molecule has 0 radical (unpaired) electrons. The molecule has 258 valence electrons. The minimum Gasteiger partial charge on any atom is -0.367 e. The van der Waals surface area contributed by atoms with Crippen LogP contribution in [0.4, 0.5) is 19.0 Å². The molecule has 0 saturated carbocycles. The number of anilines is 1. The molecule has 16 heteroatoms. The van der Waals surface area contributed by atoms with Gasteiger partial charge in [0.2, 0.25) is 0 Å². The van der Waals surface area contributed by atoms with Crippen LogP contribution in [0.3, 0.4) is 0 Å². The molecule has 3 aromatic heterocycles. The van der Waals surface area contributed by atoms with Gasteiger partial charge in [-0.25, -0.2) is 14.7 Å². The Morgan fingerprint density at radius 2 is 1.81 bits per heavy atom. The highest BCUT2D eigenvalue weighted by atomic mass is 32.2. The van der Waals surface area contributed by atoms with E-state index in [1.54, 1.807) is 6.07 Å². The highest BCUT2D eigenvalue weighted by molar-refractivity contribution is 7.87. The highest BCUT2D eigenvalue weighted by Gasteiger charge is 2.30. The minimum absolute atomic E-state index is 0.113. The van der Waals surface area contributed by atoms with Crippen molar-refractivity contribution in [1.29, 1.82) is 5.26 Å². The molecule has 0 unspecified atom stereocenters. The van der Waals surface area contributed by atoms with Gasteiger partial charge in [-0.05, 0) is 56.0 Å². The second kappa shape index (κ2) is 13.9. The summed E-state index contributed by atoms with van der Waals surface area (Å²) in [6.45, 7) is 9.44. The quantitative estimate of drug-likeness (QED) is 0.248. The first-order valence-corrected chi connectivity index (χ1v) is 18.3. The molecule has 0 amide bonds. The topological polar surface area (TPSA) is 122 Å². The number of alkyl halides is 3. The number of rotatable bonds is 10. The Bertz CT molecular complexity index is 1920. The van der Waals surface area contributed by atoms with Gasteiger partial charge < -0.3 is 9.88 Å². The molecule has 0 spiro atoms. The highest BCUT2D eigenvalue weighted by Crippen LogP contribution is 2.33. The third-order valence-corrected chi connectivity index (χ3v) is 12.2. The number of nitriles is 1. The van der Waals surface area contributed by atoms with E-state index in [2.05, 4.69) is 66.4 Å². The number of piperazine rings is 1. The molecule has 48 heavy (non-hydrogen) atoms. The van der Waals surface area contributed by atoms with E-state index >= 15 is 0 Å². The van der Waals surface area contributed by atoms with Crippen LogP contribution < -0.4 is 10.0 Å². The molecule has 1 atom stereocenters. The first kappa shape index (κ1) is 34.5. The summed E-state index contributed by atoms with van der Waals surface area (Å²) in [5.41, 5.74) is 3.98. The molecular formula is C32H40F3N9O2S2. The average molecular weight is 704 g/mol. The molecule has 2 saturated heterocycles. The zero-order chi connectivity index (χ0) is 34.2. The Balaban J connectivity index is 1.08. The van der Waals surface area contributed by atoms with Crippen molar-refractivity contribution in [3.05, 3.63) is 52.3 Å². The zero-order valence-electron chi connectivity index (χ0n) is 27.2. The number of likely N-dealkylation sites (tertiary alicyclic amines) is 1. The van der Waals surface area contributed by atoms with Gasteiger partial charge >= 0.3 is 6.18 Å². The lowest BCUT2D eigenvalue weighted by molar-refractivity contribution is -0.126.